The van der Waals surface area contributed by atoms with Crippen LogP contribution in [0.15, 0.2) is 11.6 Å². The Kier molecular flexibility index (Phi) is 3.51. The normalized spacial score (nSPS) is 59.9. The van der Waals surface area contributed by atoms with Crippen molar-refractivity contribution >= 4 is 11.8 Å². The van der Waals surface area contributed by atoms with Gasteiger partial charge >= 0.3 is 5.97 Å². The van der Waals surface area contributed by atoms with Crippen molar-refractivity contribution in [2.45, 2.75) is 58.2 Å². The van der Waals surface area contributed by atoms with Gasteiger partial charge in [-0.2, -0.15) is 0 Å². The average molecular weight is 392 g/mol. The molecule has 28 heavy (non-hydrogen) atoms. The first-order valence-electron chi connectivity index (χ1n) is 10.2. The van der Waals surface area contributed by atoms with E-state index in [0.717, 1.165) is 5.57 Å². The number of carbonyl (C=O) groups is 2. The van der Waals surface area contributed by atoms with E-state index >= 15 is 0 Å². The highest BCUT2D eigenvalue weighted by molar-refractivity contribution is 5.96. The number of aliphatic hydroxyl groups excluding tert-OH is 2. The van der Waals surface area contributed by atoms with Crippen molar-refractivity contribution in [3.63, 3.8) is 0 Å². The molecule has 2 saturated heterocycles. The zero-order valence-corrected chi connectivity index (χ0v) is 16.6. The van der Waals surface area contributed by atoms with Crippen molar-refractivity contribution in [3.8, 4) is 0 Å². The van der Waals surface area contributed by atoms with Gasteiger partial charge in [0.1, 0.15) is 18.3 Å². The van der Waals surface area contributed by atoms with Gasteiger partial charge in [-0.05, 0) is 37.2 Å². The van der Waals surface area contributed by atoms with Gasteiger partial charge in [-0.1, -0.05) is 26.3 Å². The standard InChI is InChI=1S/C21H28O7/c1-8-5-12(22)16(24)19(4)11(8)6-13-20-7-27-21(26,18(19)20)15(23)9(2)14(20)10(3)17(25)28-13/h5,9-11,13-16,18,23-24,26H,6-7H2,1-4H3/t9-,10-,11+,13-,14-,15-,16-,18-,19-,20+,21+/m1/s1. The summed E-state index contributed by atoms with van der Waals surface area (Å²) < 4.78 is 11.8. The van der Waals surface area contributed by atoms with Crippen molar-refractivity contribution in [1.82, 2.24) is 0 Å². The van der Waals surface area contributed by atoms with E-state index in [-0.39, 0.29) is 36.1 Å². The Balaban J connectivity index is 1.79. The Morgan fingerprint density at radius 1 is 1.21 bits per heavy atom. The van der Waals surface area contributed by atoms with Gasteiger partial charge in [0.05, 0.1) is 12.5 Å². The van der Waals surface area contributed by atoms with Gasteiger partial charge in [-0.25, -0.2) is 0 Å². The largest absolute Gasteiger partial charge is 0.461 e. The molecule has 0 aromatic rings. The maximum absolute atomic E-state index is 12.7. The molecule has 2 saturated carbocycles. The van der Waals surface area contributed by atoms with E-state index in [9.17, 15) is 24.9 Å². The van der Waals surface area contributed by atoms with Crippen LogP contribution in [0.3, 0.4) is 0 Å². The van der Waals surface area contributed by atoms with Gasteiger partial charge in [0.15, 0.2) is 11.6 Å². The molecule has 2 heterocycles. The summed E-state index contributed by atoms with van der Waals surface area (Å²) in [6.45, 7) is 7.42. The highest BCUT2D eigenvalue weighted by Crippen LogP contribution is 2.74. The van der Waals surface area contributed by atoms with Crippen LogP contribution in [0.25, 0.3) is 0 Å². The van der Waals surface area contributed by atoms with Crippen LogP contribution in [0.1, 0.15) is 34.1 Å². The number of rotatable bonds is 0. The number of fused-ring (bicyclic) bond motifs is 1. The van der Waals surface area contributed by atoms with Crippen LogP contribution in [0.2, 0.25) is 0 Å². The van der Waals surface area contributed by atoms with Crippen LogP contribution in [-0.2, 0) is 19.1 Å². The minimum absolute atomic E-state index is 0.133. The minimum atomic E-state index is -1.90. The fourth-order valence-corrected chi connectivity index (χ4v) is 8.01. The first-order valence-corrected chi connectivity index (χ1v) is 10.2. The van der Waals surface area contributed by atoms with E-state index < -0.39 is 46.8 Å². The van der Waals surface area contributed by atoms with Gasteiger partial charge < -0.3 is 24.8 Å². The molecule has 5 rings (SSSR count). The fraction of sp³-hybridized carbons (Fsp3) is 0.810. The van der Waals surface area contributed by atoms with Crippen molar-refractivity contribution in [3.05, 3.63) is 11.6 Å². The Morgan fingerprint density at radius 2 is 1.89 bits per heavy atom. The molecule has 0 unspecified atom stereocenters. The predicted octanol–water partition coefficient (Wildman–Crippen LogP) is 0.412. The molecule has 7 heteroatoms. The minimum Gasteiger partial charge on any atom is -0.461 e. The Labute approximate surface area is 163 Å². The van der Waals surface area contributed by atoms with E-state index in [0.29, 0.717) is 6.42 Å². The Hall–Kier alpha value is -1.28. The van der Waals surface area contributed by atoms with Crippen molar-refractivity contribution < 1.29 is 34.4 Å². The van der Waals surface area contributed by atoms with Crippen LogP contribution in [0.4, 0.5) is 0 Å². The number of carbonyl (C=O) groups excluding carboxylic acids is 2. The third kappa shape index (κ3) is 1.73. The summed E-state index contributed by atoms with van der Waals surface area (Å²) in [5.74, 6) is -4.71. The number of ketones is 1. The van der Waals surface area contributed by atoms with Crippen molar-refractivity contribution in [1.29, 1.82) is 0 Å². The van der Waals surface area contributed by atoms with Gasteiger partial charge in [0.2, 0.25) is 0 Å². The van der Waals surface area contributed by atoms with Gasteiger partial charge in [-0.15, -0.1) is 0 Å². The number of hydrogen-bond acceptors (Lipinski definition) is 7. The molecule has 3 N–H and O–H groups in total. The molecule has 2 aliphatic heterocycles. The maximum Gasteiger partial charge on any atom is 0.309 e. The number of hydrogen-bond donors (Lipinski definition) is 3. The molecule has 11 atom stereocenters. The second-order valence-electron chi connectivity index (χ2n) is 9.98. The first-order chi connectivity index (χ1) is 13.0. The van der Waals surface area contributed by atoms with Gasteiger partial charge in [0.25, 0.3) is 0 Å². The maximum atomic E-state index is 12.7. The fourth-order valence-electron chi connectivity index (χ4n) is 8.01. The summed E-state index contributed by atoms with van der Waals surface area (Å²) in [5.41, 5.74) is -0.972. The molecule has 0 aromatic carbocycles. The smallest absolute Gasteiger partial charge is 0.309 e. The van der Waals surface area contributed by atoms with Crippen LogP contribution < -0.4 is 0 Å². The number of ether oxygens (including phenoxy) is 2. The van der Waals surface area contributed by atoms with Crippen LogP contribution in [0, 0.1) is 40.4 Å². The van der Waals surface area contributed by atoms with E-state index in [4.69, 9.17) is 9.47 Å². The van der Waals surface area contributed by atoms with Crippen LogP contribution in [-0.4, -0.2) is 57.8 Å². The third-order valence-electron chi connectivity index (χ3n) is 8.98. The molecule has 4 fully saturated rings. The zero-order chi connectivity index (χ0) is 20.4. The molecule has 0 radical (unpaired) electrons. The molecule has 1 spiro atoms. The van der Waals surface area contributed by atoms with E-state index in [1.165, 1.54) is 6.08 Å². The van der Waals surface area contributed by atoms with E-state index in [1.54, 1.807) is 6.92 Å². The molecule has 5 aliphatic rings. The quantitative estimate of drug-likeness (QED) is 0.512. The lowest BCUT2D eigenvalue weighted by Gasteiger charge is -2.68. The first kappa shape index (κ1) is 18.7. The van der Waals surface area contributed by atoms with Crippen LogP contribution >= 0.6 is 0 Å². The monoisotopic (exact) mass is 392 g/mol. The van der Waals surface area contributed by atoms with Crippen molar-refractivity contribution in [2.24, 2.45) is 40.4 Å². The summed E-state index contributed by atoms with van der Waals surface area (Å²) in [7, 11) is 0. The summed E-state index contributed by atoms with van der Waals surface area (Å²) in [5, 5.41) is 33.7. The molecular formula is C21H28O7. The highest BCUT2D eigenvalue weighted by atomic mass is 16.6. The average Bonchev–Trinajstić information content (AvgIpc) is 2.92. The summed E-state index contributed by atoms with van der Waals surface area (Å²) in [6.07, 6.45) is -1.11. The van der Waals surface area contributed by atoms with E-state index in [2.05, 4.69) is 0 Å². The number of allylic oxidation sites excluding steroid dienone is 1. The molecule has 154 valence electrons. The molecule has 3 aliphatic carbocycles. The summed E-state index contributed by atoms with van der Waals surface area (Å²) >= 11 is 0. The Bertz CT molecular complexity index is 807. The van der Waals surface area contributed by atoms with Gasteiger partial charge in [0, 0.05) is 16.7 Å². The predicted molar refractivity (Wildman–Crippen MR) is 95.5 cm³/mol. The zero-order valence-electron chi connectivity index (χ0n) is 16.6. The molecule has 2 bridgehead atoms. The lowest BCUT2D eigenvalue weighted by atomic mass is 9.37. The molecule has 0 amide bonds. The second-order valence-corrected chi connectivity index (χ2v) is 9.98. The van der Waals surface area contributed by atoms with E-state index in [1.807, 2.05) is 20.8 Å². The topological polar surface area (TPSA) is 113 Å². The molecule has 7 nitrogen and oxygen atoms in total. The summed E-state index contributed by atoms with van der Waals surface area (Å²) in [6, 6.07) is 0. The Morgan fingerprint density at radius 3 is 2.57 bits per heavy atom. The lowest BCUT2D eigenvalue weighted by molar-refractivity contribution is -0.336. The molecular weight excluding hydrogens is 364 g/mol. The van der Waals surface area contributed by atoms with Crippen molar-refractivity contribution in [2.75, 3.05) is 6.61 Å². The lowest BCUT2D eigenvalue weighted by Crippen LogP contribution is -2.76. The second kappa shape index (κ2) is 5.25. The number of aliphatic hydroxyl groups is 3. The highest BCUT2D eigenvalue weighted by Gasteiger charge is 2.82. The third-order valence-corrected chi connectivity index (χ3v) is 8.98. The van der Waals surface area contributed by atoms with Crippen LogP contribution in [0.5, 0.6) is 0 Å². The van der Waals surface area contributed by atoms with Gasteiger partial charge in [-0.3, -0.25) is 9.59 Å². The number of esters is 1. The SMILES string of the molecule is CC1=CC(=O)[C@@H](O)[C@]2(C)[C@H]3[C@@]4(O)OC[C@]35[C@H]([C@@H](C)[C@H]4O)[C@@H](C)C(=O)O[C@@H]5C[C@@H]12. The summed E-state index contributed by atoms with van der Waals surface area (Å²) in [4.78, 5) is 25.3. The molecule has 0 aromatic heterocycles.